The summed E-state index contributed by atoms with van der Waals surface area (Å²) in [4.78, 5) is 12.2. The molecule has 1 aliphatic heterocycles. The summed E-state index contributed by atoms with van der Waals surface area (Å²) in [5, 5.41) is 2.74. The Morgan fingerprint density at radius 2 is 1.73 bits per heavy atom. The molecular weight excluding hydrogens is 404 g/mol. The third kappa shape index (κ3) is 5.73. The number of hydrogen-bond donors (Lipinski definition) is 1. The first-order chi connectivity index (χ1) is 14.4. The van der Waals surface area contributed by atoms with Gasteiger partial charge >= 0.3 is 0 Å². The zero-order valence-electron chi connectivity index (χ0n) is 17.4. The Kier molecular flexibility index (Phi) is 7.33. The van der Waals surface area contributed by atoms with Crippen LogP contribution < -0.4 is 14.8 Å². The molecule has 1 saturated heterocycles. The summed E-state index contributed by atoms with van der Waals surface area (Å²) in [6, 6.07) is 12.2. The van der Waals surface area contributed by atoms with Gasteiger partial charge in [-0.1, -0.05) is 12.1 Å². The third-order valence-electron chi connectivity index (χ3n) is 4.92. The van der Waals surface area contributed by atoms with Crippen molar-refractivity contribution in [2.45, 2.75) is 31.6 Å². The molecule has 0 aliphatic carbocycles. The lowest BCUT2D eigenvalue weighted by Gasteiger charge is -2.15. The summed E-state index contributed by atoms with van der Waals surface area (Å²) in [5.41, 5.74) is 2.05. The fourth-order valence-corrected chi connectivity index (χ4v) is 4.72. The van der Waals surface area contributed by atoms with E-state index in [0.717, 1.165) is 24.0 Å². The second-order valence-corrected chi connectivity index (χ2v) is 9.28. The van der Waals surface area contributed by atoms with Crippen molar-refractivity contribution in [1.29, 1.82) is 0 Å². The molecule has 3 rings (SSSR count). The Balaban J connectivity index is 1.40. The smallest absolute Gasteiger partial charge is 0.258 e. The van der Waals surface area contributed by atoms with E-state index in [-0.39, 0.29) is 24.0 Å². The van der Waals surface area contributed by atoms with Crippen LogP contribution in [0.5, 0.6) is 11.5 Å². The van der Waals surface area contributed by atoms with Crippen LogP contribution in [0.3, 0.4) is 0 Å². The van der Waals surface area contributed by atoms with E-state index in [0.29, 0.717) is 31.1 Å². The Morgan fingerprint density at radius 3 is 2.43 bits per heavy atom. The van der Waals surface area contributed by atoms with Crippen LogP contribution in [0.1, 0.15) is 24.0 Å². The quantitative estimate of drug-likeness (QED) is 0.616. The minimum Gasteiger partial charge on any atom is -0.492 e. The Labute approximate surface area is 178 Å². The molecule has 2 aromatic carbocycles. The SMILES string of the molecule is Cc1ccc(C)c(OCC(=O)NCCOc2ccc(S(=O)(=O)N3CCCC3)cc2)c1. The van der Waals surface area contributed by atoms with Crippen molar-refractivity contribution < 1.29 is 22.7 Å². The fraction of sp³-hybridized carbons (Fsp3) is 0.409. The molecule has 0 saturated carbocycles. The van der Waals surface area contributed by atoms with Crippen molar-refractivity contribution in [3.8, 4) is 11.5 Å². The first-order valence-corrected chi connectivity index (χ1v) is 11.5. The molecule has 0 radical (unpaired) electrons. The van der Waals surface area contributed by atoms with Gasteiger partial charge in [-0.05, 0) is 68.1 Å². The molecule has 1 fully saturated rings. The summed E-state index contributed by atoms with van der Waals surface area (Å²) in [6.07, 6.45) is 1.81. The second kappa shape index (κ2) is 9.95. The molecule has 1 aliphatic rings. The van der Waals surface area contributed by atoms with Gasteiger partial charge in [0.05, 0.1) is 11.4 Å². The van der Waals surface area contributed by atoms with Gasteiger partial charge in [0.2, 0.25) is 10.0 Å². The summed E-state index contributed by atoms with van der Waals surface area (Å²) >= 11 is 0. The van der Waals surface area contributed by atoms with Crippen molar-refractivity contribution >= 4 is 15.9 Å². The molecule has 0 bridgehead atoms. The summed E-state index contributed by atoms with van der Waals surface area (Å²) in [5.74, 6) is 1.02. The third-order valence-corrected chi connectivity index (χ3v) is 6.83. The largest absolute Gasteiger partial charge is 0.492 e. The Hall–Kier alpha value is -2.58. The number of rotatable bonds is 9. The van der Waals surface area contributed by atoms with Crippen molar-refractivity contribution in [3.63, 3.8) is 0 Å². The maximum Gasteiger partial charge on any atom is 0.258 e. The first kappa shape index (κ1) is 22.1. The minimum absolute atomic E-state index is 0.0622. The second-order valence-electron chi connectivity index (χ2n) is 7.34. The van der Waals surface area contributed by atoms with E-state index in [2.05, 4.69) is 5.32 Å². The topological polar surface area (TPSA) is 84.9 Å². The lowest BCUT2D eigenvalue weighted by molar-refractivity contribution is -0.123. The molecule has 162 valence electrons. The molecule has 30 heavy (non-hydrogen) atoms. The summed E-state index contributed by atoms with van der Waals surface area (Å²) in [6.45, 7) is 5.59. The van der Waals surface area contributed by atoms with Gasteiger partial charge in [0.25, 0.3) is 5.91 Å². The predicted molar refractivity (Wildman–Crippen MR) is 114 cm³/mol. The summed E-state index contributed by atoms with van der Waals surface area (Å²) < 4.78 is 37.7. The van der Waals surface area contributed by atoms with Crippen LogP contribution in [0, 0.1) is 13.8 Å². The normalized spacial score (nSPS) is 14.5. The lowest BCUT2D eigenvalue weighted by Crippen LogP contribution is -2.32. The van der Waals surface area contributed by atoms with Gasteiger partial charge in [0.15, 0.2) is 6.61 Å². The molecule has 2 aromatic rings. The van der Waals surface area contributed by atoms with Crippen LogP contribution in [0.2, 0.25) is 0 Å². The number of nitrogens with zero attached hydrogens (tertiary/aromatic N) is 1. The van der Waals surface area contributed by atoms with E-state index in [1.807, 2.05) is 32.0 Å². The number of aryl methyl sites for hydroxylation is 2. The number of hydrogen-bond acceptors (Lipinski definition) is 5. The average Bonchev–Trinajstić information content (AvgIpc) is 3.28. The highest BCUT2D eigenvalue weighted by Crippen LogP contribution is 2.23. The van der Waals surface area contributed by atoms with Crippen LogP contribution in [-0.2, 0) is 14.8 Å². The van der Waals surface area contributed by atoms with Gasteiger partial charge in [-0.2, -0.15) is 4.31 Å². The number of carbonyl (C=O) groups is 1. The molecule has 1 heterocycles. The number of amides is 1. The average molecular weight is 433 g/mol. The van der Waals surface area contributed by atoms with Gasteiger partial charge in [0, 0.05) is 13.1 Å². The monoisotopic (exact) mass is 432 g/mol. The van der Waals surface area contributed by atoms with Crippen LogP contribution in [-0.4, -0.2) is 51.5 Å². The standard InChI is InChI=1S/C22H28N2O5S/c1-17-5-6-18(2)21(15-17)29-16-22(25)23-11-14-28-19-7-9-20(10-8-19)30(26,27)24-12-3-4-13-24/h5-10,15H,3-4,11-14,16H2,1-2H3,(H,23,25). The highest BCUT2D eigenvalue weighted by molar-refractivity contribution is 7.89. The van der Waals surface area contributed by atoms with E-state index in [1.165, 1.54) is 4.31 Å². The number of ether oxygens (including phenoxy) is 2. The van der Waals surface area contributed by atoms with Gasteiger partial charge in [-0.15, -0.1) is 0 Å². The zero-order valence-corrected chi connectivity index (χ0v) is 18.2. The van der Waals surface area contributed by atoms with Crippen molar-refractivity contribution in [3.05, 3.63) is 53.6 Å². The molecule has 0 aromatic heterocycles. The molecule has 1 N–H and O–H groups in total. The minimum atomic E-state index is -3.42. The van der Waals surface area contributed by atoms with E-state index in [4.69, 9.17) is 9.47 Å². The van der Waals surface area contributed by atoms with Crippen molar-refractivity contribution in [2.75, 3.05) is 32.8 Å². The maximum absolute atomic E-state index is 12.5. The van der Waals surface area contributed by atoms with Gasteiger partial charge in [-0.25, -0.2) is 8.42 Å². The van der Waals surface area contributed by atoms with E-state index >= 15 is 0 Å². The van der Waals surface area contributed by atoms with E-state index < -0.39 is 10.0 Å². The molecule has 0 spiro atoms. The molecule has 7 nitrogen and oxygen atoms in total. The highest BCUT2D eigenvalue weighted by Gasteiger charge is 2.26. The molecular formula is C22H28N2O5S. The molecule has 0 unspecified atom stereocenters. The Morgan fingerprint density at radius 1 is 1.03 bits per heavy atom. The van der Waals surface area contributed by atoms with Crippen LogP contribution >= 0.6 is 0 Å². The van der Waals surface area contributed by atoms with Gasteiger partial charge in [0.1, 0.15) is 18.1 Å². The molecule has 0 atom stereocenters. The van der Waals surface area contributed by atoms with Crippen LogP contribution in [0.4, 0.5) is 0 Å². The lowest BCUT2D eigenvalue weighted by atomic mass is 10.1. The maximum atomic E-state index is 12.5. The van der Waals surface area contributed by atoms with E-state index in [1.54, 1.807) is 24.3 Å². The first-order valence-electron chi connectivity index (χ1n) is 10.1. The van der Waals surface area contributed by atoms with Crippen LogP contribution in [0.15, 0.2) is 47.4 Å². The number of sulfonamides is 1. The zero-order chi connectivity index (χ0) is 21.6. The van der Waals surface area contributed by atoms with E-state index in [9.17, 15) is 13.2 Å². The Bertz CT molecular complexity index is 968. The van der Waals surface area contributed by atoms with Crippen molar-refractivity contribution in [2.24, 2.45) is 0 Å². The molecule has 1 amide bonds. The molecule has 8 heteroatoms. The van der Waals surface area contributed by atoms with Gasteiger partial charge < -0.3 is 14.8 Å². The highest BCUT2D eigenvalue weighted by atomic mass is 32.2. The summed E-state index contributed by atoms with van der Waals surface area (Å²) in [7, 11) is -3.42. The predicted octanol–water partition coefficient (Wildman–Crippen LogP) is 2.66. The fourth-order valence-electron chi connectivity index (χ4n) is 3.20. The number of benzene rings is 2. The van der Waals surface area contributed by atoms with Crippen molar-refractivity contribution in [1.82, 2.24) is 9.62 Å². The number of nitrogens with one attached hydrogen (secondary N) is 1. The number of carbonyl (C=O) groups excluding carboxylic acids is 1. The van der Waals surface area contributed by atoms with Gasteiger partial charge in [-0.3, -0.25) is 4.79 Å². The van der Waals surface area contributed by atoms with Crippen LogP contribution in [0.25, 0.3) is 0 Å².